The number of nitro benzene ring substituents is 1. The van der Waals surface area contributed by atoms with Gasteiger partial charge in [-0.15, -0.1) is 0 Å². The van der Waals surface area contributed by atoms with Crippen LogP contribution < -0.4 is 20.1 Å². The monoisotopic (exact) mass is 331 g/mol. The Labute approximate surface area is 138 Å². The van der Waals surface area contributed by atoms with Gasteiger partial charge in [0.1, 0.15) is 5.69 Å². The van der Waals surface area contributed by atoms with Crippen molar-refractivity contribution in [3.8, 4) is 11.5 Å². The Morgan fingerprint density at radius 3 is 2.38 bits per heavy atom. The molecule has 0 aliphatic rings. The highest BCUT2D eigenvalue weighted by Crippen LogP contribution is 2.30. The third-order valence-corrected chi connectivity index (χ3v) is 3.37. The second kappa shape index (κ2) is 7.32. The number of carbonyl (C=O) groups excluding carboxylic acids is 1. The van der Waals surface area contributed by atoms with Crippen LogP contribution in [0.2, 0.25) is 0 Å². The van der Waals surface area contributed by atoms with Crippen molar-refractivity contribution in [2.24, 2.45) is 0 Å². The van der Waals surface area contributed by atoms with Crippen molar-refractivity contribution in [2.75, 3.05) is 31.9 Å². The molecule has 0 saturated heterocycles. The first-order chi connectivity index (χ1) is 11.5. The number of hydrogen-bond acceptors (Lipinski definition) is 6. The zero-order chi connectivity index (χ0) is 17.7. The van der Waals surface area contributed by atoms with Gasteiger partial charge in [0.25, 0.3) is 11.6 Å². The first kappa shape index (κ1) is 17.1. The summed E-state index contributed by atoms with van der Waals surface area (Å²) in [6.45, 7) is 0. The van der Waals surface area contributed by atoms with Crippen LogP contribution in [-0.4, -0.2) is 32.1 Å². The maximum atomic E-state index is 12.3. The minimum absolute atomic E-state index is 0.169. The van der Waals surface area contributed by atoms with E-state index >= 15 is 0 Å². The lowest BCUT2D eigenvalue weighted by atomic mass is 10.1. The van der Waals surface area contributed by atoms with E-state index in [1.807, 2.05) is 0 Å². The molecule has 0 fully saturated rings. The van der Waals surface area contributed by atoms with Crippen LogP contribution in [0.5, 0.6) is 11.5 Å². The normalized spacial score (nSPS) is 9.96. The Kier molecular flexibility index (Phi) is 5.20. The number of anilines is 2. The van der Waals surface area contributed by atoms with Crippen LogP contribution in [-0.2, 0) is 0 Å². The molecule has 2 aromatic carbocycles. The zero-order valence-electron chi connectivity index (χ0n) is 13.5. The molecular formula is C16H17N3O5. The van der Waals surface area contributed by atoms with Gasteiger partial charge in [0.05, 0.1) is 19.1 Å². The predicted molar refractivity (Wildman–Crippen MR) is 90.1 cm³/mol. The summed E-state index contributed by atoms with van der Waals surface area (Å²) in [5.41, 5.74) is 0.827. The van der Waals surface area contributed by atoms with Gasteiger partial charge < -0.3 is 20.1 Å². The van der Waals surface area contributed by atoms with Crippen molar-refractivity contribution in [3.63, 3.8) is 0 Å². The number of benzene rings is 2. The van der Waals surface area contributed by atoms with E-state index in [-0.39, 0.29) is 11.3 Å². The number of nitrogens with one attached hydrogen (secondary N) is 2. The van der Waals surface area contributed by atoms with Crippen molar-refractivity contribution < 1.29 is 19.2 Å². The van der Waals surface area contributed by atoms with Gasteiger partial charge >= 0.3 is 0 Å². The summed E-state index contributed by atoms with van der Waals surface area (Å²) in [7, 11) is 4.58. The summed E-state index contributed by atoms with van der Waals surface area (Å²) in [6.07, 6.45) is 0. The lowest BCUT2D eigenvalue weighted by Gasteiger charge is -2.11. The molecule has 0 bridgehead atoms. The number of carbonyl (C=O) groups is 1. The summed E-state index contributed by atoms with van der Waals surface area (Å²) in [5, 5.41) is 16.5. The highest BCUT2D eigenvalue weighted by molar-refractivity contribution is 6.05. The molecule has 0 heterocycles. The maximum absolute atomic E-state index is 12.3. The van der Waals surface area contributed by atoms with Gasteiger partial charge in [0, 0.05) is 30.4 Å². The number of ether oxygens (including phenoxy) is 2. The molecule has 24 heavy (non-hydrogen) atoms. The van der Waals surface area contributed by atoms with Gasteiger partial charge in [-0.3, -0.25) is 14.9 Å². The Bertz CT molecular complexity index is 776. The summed E-state index contributed by atoms with van der Waals surface area (Å²) in [4.78, 5) is 22.8. The molecule has 0 aromatic heterocycles. The minimum Gasteiger partial charge on any atom is -0.493 e. The second-order valence-electron chi connectivity index (χ2n) is 4.76. The minimum atomic E-state index is -0.543. The van der Waals surface area contributed by atoms with Gasteiger partial charge in [-0.25, -0.2) is 0 Å². The molecule has 0 radical (unpaired) electrons. The Hall–Kier alpha value is -3.29. The SMILES string of the molecule is CNc1ccc(C(=O)Nc2ccc(OC)c(OC)c2)cc1[N+](=O)[O-]. The van der Waals surface area contributed by atoms with Crippen molar-refractivity contribution in [1.29, 1.82) is 0 Å². The van der Waals surface area contributed by atoms with Crippen LogP contribution in [0, 0.1) is 10.1 Å². The summed E-state index contributed by atoms with van der Waals surface area (Å²) in [5.74, 6) is 0.532. The predicted octanol–water partition coefficient (Wildman–Crippen LogP) is 2.91. The molecular weight excluding hydrogens is 314 g/mol. The molecule has 0 atom stereocenters. The van der Waals surface area contributed by atoms with Crippen LogP contribution in [0.25, 0.3) is 0 Å². The fraction of sp³-hybridized carbons (Fsp3) is 0.188. The van der Waals surface area contributed by atoms with E-state index in [2.05, 4.69) is 10.6 Å². The molecule has 126 valence electrons. The lowest BCUT2D eigenvalue weighted by Crippen LogP contribution is -2.12. The highest BCUT2D eigenvalue weighted by atomic mass is 16.6. The van der Waals surface area contributed by atoms with E-state index in [0.717, 1.165) is 0 Å². The van der Waals surface area contributed by atoms with Crippen molar-refractivity contribution in [3.05, 3.63) is 52.1 Å². The molecule has 0 saturated carbocycles. The van der Waals surface area contributed by atoms with E-state index in [1.54, 1.807) is 25.2 Å². The van der Waals surface area contributed by atoms with E-state index in [0.29, 0.717) is 22.9 Å². The van der Waals surface area contributed by atoms with Gasteiger partial charge in [-0.2, -0.15) is 0 Å². The third kappa shape index (κ3) is 3.54. The Balaban J connectivity index is 2.27. The Morgan fingerprint density at radius 1 is 1.08 bits per heavy atom. The molecule has 8 nitrogen and oxygen atoms in total. The van der Waals surface area contributed by atoms with Crippen LogP contribution in [0.4, 0.5) is 17.1 Å². The summed E-state index contributed by atoms with van der Waals surface area (Å²) >= 11 is 0. The van der Waals surface area contributed by atoms with E-state index in [9.17, 15) is 14.9 Å². The second-order valence-corrected chi connectivity index (χ2v) is 4.76. The molecule has 8 heteroatoms. The van der Waals surface area contributed by atoms with Gasteiger partial charge in [-0.05, 0) is 24.3 Å². The number of amides is 1. The number of rotatable bonds is 6. The van der Waals surface area contributed by atoms with Gasteiger partial charge in [-0.1, -0.05) is 0 Å². The quantitative estimate of drug-likeness (QED) is 0.623. The molecule has 0 unspecified atom stereocenters. The lowest BCUT2D eigenvalue weighted by molar-refractivity contribution is -0.384. The van der Waals surface area contributed by atoms with Crippen LogP contribution in [0.3, 0.4) is 0 Å². The van der Waals surface area contributed by atoms with E-state index in [4.69, 9.17) is 9.47 Å². The molecule has 2 N–H and O–H groups in total. The van der Waals surface area contributed by atoms with Gasteiger partial charge in [0.15, 0.2) is 11.5 Å². The number of hydrogen-bond donors (Lipinski definition) is 2. The first-order valence-corrected chi connectivity index (χ1v) is 6.99. The fourth-order valence-electron chi connectivity index (χ4n) is 2.15. The topological polar surface area (TPSA) is 103 Å². The van der Waals surface area contributed by atoms with E-state index in [1.165, 1.54) is 32.4 Å². The average molecular weight is 331 g/mol. The molecule has 2 rings (SSSR count). The average Bonchev–Trinajstić information content (AvgIpc) is 2.60. The fourth-order valence-corrected chi connectivity index (χ4v) is 2.15. The molecule has 0 aliphatic carbocycles. The van der Waals surface area contributed by atoms with Crippen LogP contribution in [0.15, 0.2) is 36.4 Å². The van der Waals surface area contributed by atoms with Crippen molar-refractivity contribution in [2.45, 2.75) is 0 Å². The first-order valence-electron chi connectivity index (χ1n) is 6.99. The van der Waals surface area contributed by atoms with Crippen molar-refractivity contribution in [1.82, 2.24) is 0 Å². The number of nitrogens with zero attached hydrogens (tertiary/aromatic N) is 1. The smallest absolute Gasteiger partial charge is 0.293 e. The number of nitro groups is 1. The summed E-state index contributed by atoms with van der Waals surface area (Å²) in [6, 6.07) is 9.13. The largest absolute Gasteiger partial charge is 0.493 e. The van der Waals surface area contributed by atoms with Crippen LogP contribution >= 0.6 is 0 Å². The van der Waals surface area contributed by atoms with Gasteiger partial charge in [0.2, 0.25) is 0 Å². The standard InChI is InChI=1S/C16H17N3O5/c1-17-12-6-4-10(8-13(12)19(21)22)16(20)18-11-5-7-14(23-2)15(9-11)24-3/h4-9,17H,1-3H3,(H,18,20). The van der Waals surface area contributed by atoms with Crippen molar-refractivity contribution >= 4 is 23.0 Å². The van der Waals surface area contributed by atoms with E-state index < -0.39 is 10.8 Å². The third-order valence-electron chi connectivity index (χ3n) is 3.37. The molecule has 1 amide bonds. The Morgan fingerprint density at radius 2 is 1.79 bits per heavy atom. The van der Waals surface area contributed by atoms with Crippen LogP contribution in [0.1, 0.15) is 10.4 Å². The summed E-state index contributed by atoms with van der Waals surface area (Å²) < 4.78 is 10.3. The molecule has 0 aliphatic heterocycles. The molecule has 0 spiro atoms. The maximum Gasteiger partial charge on any atom is 0.293 e. The molecule has 2 aromatic rings. The number of methoxy groups -OCH3 is 2. The highest BCUT2D eigenvalue weighted by Gasteiger charge is 2.17. The zero-order valence-corrected chi connectivity index (χ0v) is 13.5.